The predicted octanol–water partition coefficient (Wildman–Crippen LogP) is 4.84. The summed E-state index contributed by atoms with van der Waals surface area (Å²) in [6.45, 7) is 8.36. The van der Waals surface area contributed by atoms with Gasteiger partial charge in [0.15, 0.2) is 5.82 Å². The van der Waals surface area contributed by atoms with Gasteiger partial charge in [0.05, 0.1) is 36.8 Å². The van der Waals surface area contributed by atoms with E-state index in [0.717, 1.165) is 51.1 Å². The lowest BCUT2D eigenvalue weighted by molar-refractivity contribution is -0.111. The van der Waals surface area contributed by atoms with Crippen molar-refractivity contribution in [1.29, 1.82) is 0 Å². The summed E-state index contributed by atoms with van der Waals surface area (Å²) in [5.41, 5.74) is 3.47. The highest BCUT2D eigenvalue weighted by Gasteiger charge is 2.33. The molecule has 0 bridgehead atoms. The molecule has 0 spiro atoms. The smallest absolute Gasteiger partial charge is 0.247 e. The fourth-order valence-electron chi connectivity index (χ4n) is 6.72. The molecule has 0 unspecified atom stereocenters. The van der Waals surface area contributed by atoms with Crippen molar-refractivity contribution >= 4 is 34.6 Å². The molecule has 3 aliphatic rings. The normalized spacial score (nSPS) is 20.9. The molecule has 6 rings (SSSR count). The zero-order valence-electron chi connectivity index (χ0n) is 26.5. The molecule has 0 saturated carbocycles. The molecular formula is C34H44N8O3. The van der Waals surface area contributed by atoms with Crippen LogP contribution in [0, 0.1) is 0 Å². The maximum absolute atomic E-state index is 12.5. The van der Waals surface area contributed by atoms with E-state index in [1.165, 1.54) is 24.4 Å². The van der Waals surface area contributed by atoms with E-state index in [1.807, 2.05) is 41.5 Å². The summed E-state index contributed by atoms with van der Waals surface area (Å²) in [7, 11) is 6.00. The van der Waals surface area contributed by atoms with Crippen LogP contribution in [-0.2, 0) is 9.63 Å². The van der Waals surface area contributed by atoms with Gasteiger partial charge in [0.1, 0.15) is 17.9 Å². The molecule has 3 fully saturated rings. The van der Waals surface area contributed by atoms with Crippen LogP contribution in [0.3, 0.4) is 0 Å². The Morgan fingerprint density at radius 2 is 1.84 bits per heavy atom. The quantitative estimate of drug-likeness (QED) is 0.310. The number of carbonyl (C=O) groups excluding carboxylic acids is 1. The zero-order chi connectivity index (χ0) is 31.3. The van der Waals surface area contributed by atoms with E-state index >= 15 is 0 Å². The fraction of sp³-hybridized carbons (Fsp3) is 0.441. The summed E-state index contributed by atoms with van der Waals surface area (Å²) in [5.74, 6) is 1.62. The van der Waals surface area contributed by atoms with Crippen molar-refractivity contribution in [3.05, 3.63) is 73.1 Å². The van der Waals surface area contributed by atoms with Crippen LogP contribution in [0.15, 0.2) is 67.5 Å². The minimum atomic E-state index is -0.267. The van der Waals surface area contributed by atoms with Gasteiger partial charge in [0.2, 0.25) is 5.91 Å². The monoisotopic (exact) mass is 612 g/mol. The van der Waals surface area contributed by atoms with Gasteiger partial charge in [0.25, 0.3) is 0 Å². The Bertz CT molecular complexity index is 1480. The SMILES string of the molecule is C=CC(=O)Nc1cc(Nc2cc(N3OCC[C@@H]3c3ccccc3)ncn2)c(OC)cc1N1CCC(N2CC[C@@H](N(C)C)C2)CC1. The number of likely N-dealkylation sites (tertiary alicyclic amines) is 1. The van der Waals surface area contributed by atoms with Gasteiger partial charge in [-0.25, -0.2) is 15.0 Å². The molecule has 0 radical (unpaired) electrons. The van der Waals surface area contributed by atoms with Crippen LogP contribution in [-0.4, -0.2) is 91.7 Å². The number of amides is 1. The van der Waals surface area contributed by atoms with Crippen LogP contribution in [0.2, 0.25) is 0 Å². The fourth-order valence-corrected chi connectivity index (χ4v) is 6.72. The number of rotatable bonds is 10. The van der Waals surface area contributed by atoms with Gasteiger partial charge in [-0.2, -0.15) is 0 Å². The average molecular weight is 613 g/mol. The van der Waals surface area contributed by atoms with Crippen molar-refractivity contribution in [1.82, 2.24) is 19.8 Å². The predicted molar refractivity (Wildman–Crippen MR) is 178 cm³/mol. The van der Waals surface area contributed by atoms with E-state index < -0.39 is 0 Å². The lowest BCUT2D eigenvalue weighted by Crippen LogP contribution is -2.45. The van der Waals surface area contributed by atoms with E-state index in [4.69, 9.17) is 9.57 Å². The third kappa shape index (κ3) is 6.90. The van der Waals surface area contributed by atoms with Crippen LogP contribution >= 0.6 is 0 Å². The average Bonchev–Trinajstić information content (AvgIpc) is 3.77. The van der Waals surface area contributed by atoms with Crippen LogP contribution in [0.4, 0.5) is 28.7 Å². The molecule has 3 saturated heterocycles. The first-order chi connectivity index (χ1) is 21.9. The topological polar surface area (TPSA) is 98.3 Å². The molecule has 4 heterocycles. The number of likely N-dealkylation sites (N-methyl/N-ethyl adjacent to an activating group) is 1. The molecule has 3 aliphatic heterocycles. The van der Waals surface area contributed by atoms with E-state index in [-0.39, 0.29) is 11.9 Å². The maximum atomic E-state index is 12.5. The Hall–Kier alpha value is -4.19. The molecular weight excluding hydrogens is 568 g/mol. The van der Waals surface area contributed by atoms with Crippen molar-refractivity contribution in [2.75, 3.05) is 74.6 Å². The van der Waals surface area contributed by atoms with E-state index in [1.54, 1.807) is 7.11 Å². The molecule has 45 heavy (non-hydrogen) atoms. The highest BCUT2D eigenvalue weighted by molar-refractivity contribution is 6.02. The molecule has 0 aliphatic carbocycles. The minimum absolute atomic E-state index is 0.0625. The lowest BCUT2D eigenvalue weighted by Gasteiger charge is -2.39. The number of hydrogen-bond donors (Lipinski definition) is 2. The molecule has 11 nitrogen and oxygen atoms in total. The Kier molecular flexibility index (Phi) is 9.48. The van der Waals surface area contributed by atoms with E-state index in [2.05, 4.69) is 68.1 Å². The number of nitrogens with one attached hydrogen (secondary N) is 2. The summed E-state index contributed by atoms with van der Waals surface area (Å²) in [5, 5.41) is 8.28. The number of piperidine rings is 1. The van der Waals surface area contributed by atoms with Crippen molar-refractivity contribution < 1.29 is 14.4 Å². The van der Waals surface area contributed by atoms with E-state index in [0.29, 0.717) is 47.5 Å². The van der Waals surface area contributed by atoms with Gasteiger partial charge in [-0.1, -0.05) is 36.9 Å². The molecule has 2 N–H and O–H groups in total. The number of aromatic nitrogens is 2. The highest BCUT2D eigenvalue weighted by Crippen LogP contribution is 2.40. The number of methoxy groups -OCH3 is 1. The number of hydrogen-bond acceptors (Lipinski definition) is 10. The van der Waals surface area contributed by atoms with Crippen molar-refractivity contribution in [2.24, 2.45) is 0 Å². The molecule has 2 aromatic carbocycles. The number of hydroxylamine groups is 1. The van der Waals surface area contributed by atoms with Gasteiger partial charge in [-0.05, 0) is 51.1 Å². The summed E-state index contributed by atoms with van der Waals surface area (Å²) < 4.78 is 5.86. The number of benzene rings is 2. The van der Waals surface area contributed by atoms with Crippen LogP contribution < -0.4 is 25.3 Å². The maximum Gasteiger partial charge on any atom is 0.247 e. The van der Waals surface area contributed by atoms with Gasteiger partial charge < -0.3 is 25.2 Å². The highest BCUT2D eigenvalue weighted by atomic mass is 16.7. The molecule has 1 aromatic heterocycles. The van der Waals surface area contributed by atoms with Gasteiger partial charge in [-0.3, -0.25) is 14.5 Å². The molecule has 238 valence electrons. The number of carbonyl (C=O) groups is 1. The first kappa shape index (κ1) is 30.8. The Balaban J connectivity index is 1.21. The van der Waals surface area contributed by atoms with Gasteiger partial charge in [-0.15, -0.1) is 0 Å². The summed E-state index contributed by atoms with van der Waals surface area (Å²) in [4.78, 5) is 34.9. The zero-order valence-corrected chi connectivity index (χ0v) is 26.5. The van der Waals surface area contributed by atoms with E-state index in [9.17, 15) is 4.79 Å². The Morgan fingerprint density at radius 1 is 1.04 bits per heavy atom. The van der Waals surface area contributed by atoms with Crippen LogP contribution in [0.1, 0.15) is 37.3 Å². The third-order valence-electron chi connectivity index (χ3n) is 9.24. The van der Waals surface area contributed by atoms with Gasteiger partial charge >= 0.3 is 0 Å². The van der Waals surface area contributed by atoms with Crippen molar-refractivity contribution in [3.8, 4) is 5.75 Å². The second-order valence-electron chi connectivity index (χ2n) is 12.1. The first-order valence-electron chi connectivity index (χ1n) is 15.8. The van der Waals surface area contributed by atoms with Crippen molar-refractivity contribution in [2.45, 2.75) is 43.8 Å². The molecule has 1 amide bonds. The minimum Gasteiger partial charge on any atom is -0.494 e. The van der Waals surface area contributed by atoms with Crippen LogP contribution in [0.5, 0.6) is 5.75 Å². The second kappa shape index (κ2) is 13.8. The summed E-state index contributed by atoms with van der Waals surface area (Å²) in [6.07, 6.45) is 7.05. The second-order valence-corrected chi connectivity index (χ2v) is 12.1. The molecule has 2 atom stereocenters. The number of nitrogens with zero attached hydrogens (tertiary/aromatic N) is 6. The van der Waals surface area contributed by atoms with Crippen molar-refractivity contribution in [3.63, 3.8) is 0 Å². The first-order valence-corrected chi connectivity index (χ1v) is 15.8. The van der Waals surface area contributed by atoms with Gasteiger partial charge in [0, 0.05) is 56.8 Å². The number of ether oxygens (including phenoxy) is 1. The Labute approximate surface area is 265 Å². The largest absolute Gasteiger partial charge is 0.494 e. The lowest BCUT2D eigenvalue weighted by atomic mass is 10.0. The molecule has 3 aromatic rings. The molecule has 11 heteroatoms. The van der Waals surface area contributed by atoms with Crippen LogP contribution in [0.25, 0.3) is 0 Å². The standard InChI is InChI=1S/C34H44N8O3/c1-5-34(43)38-27-19-28(37-32-21-33(36-23-35-32)42-29(14-18-45-42)24-9-7-6-8-10-24)31(44-4)20-30(27)40-15-11-25(12-16-40)41-17-13-26(22-41)39(2)3/h5-10,19-21,23,25-26,29H,1,11-18,22H2,2-4H3,(H,38,43)(H,35,36,37)/t26-,29-/m1/s1. The number of anilines is 5. The summed E-state index contributed by atoms with van der Waals surface area (Å²) in [6, 6.07) is 17.3. The Morgan fingerprint density at radius 3 is 2.56 bits per heavy atom. The summed E-state index contributed by atoms with van der Waals surface area (Å²) >= 11 is 0. The third-order valence-corrected chi connectivity index (χ3v) is 9.24.